The Balaban J connectivity index is 2.66. The number of hydrogen-bond donors (Lipinski definition) is 1. The molecule has 0 aromatic heterocycles. The number of guanidine groups is 1. The second kappa shape index (κ2) is 6.89. The summed E-state index contributed by atoms with van der Waals surface area (Å²) in [5.41, 5.74) is 1.07. The van der Waals surface area contributed by atoms with Gasteiger partial charge in [-0.25, -0.2) is 4.39 Å². The van der Waals surface area contributed by atoms with Crippen LogP contribution in [0.3, 0.4) is 0 Å². The van der Waals surface area contributed by atoms with Gasteiger partial charge in [-0.15, -0.1) is 0 Å². The third-order valence-corrected chi connectivity index (χ3v) is 2.34. The molecule has 0 atom stereocenters. The van der Waals surface area contributed by atoms with Gasteiger partial charge in [0.15, 0.2) is 5.96 Å². The molecule has 0 saturated carbocycles. The number of nitrogens with one attached hydrogen (secondary N) is 1. The quantitative estimate of drug-likeness (QED) is 0.642. The van der Waals surface area contributed by atoms with Crippen LogP contribution in [0.5, 0.6) is 0 Å². The first-order chi connectivity index (χ1) is 8.17. The lowest BCUT2D eigenvalue weighted by atomic mass is 10.2. The van der Waals surface area contributed by atoms with Gasteiger partial charge in [-0.1, -0.05) is 12.1 Å². The summed E-state index contributed by atoms with van der Waals surface area (Å²) in [6, 6.07) is 6.54. The average Bonchev–Trinajstić information content (AvgIpc) is 2.32. The van der Waals surface area contributed by atoms with Crippen LogP contribution in [0.25, 0.3) is 0 Å². The highest BCUT2D eigenvalue weighted by Crippen LogP contribution is 2.05. The zero-order chi connectivity index (χ0) is 12.7. The van der Waals surface area contributed by atoms with Crippen LogP contribution >= 0.6 is 0 Å². The zero-order valence-electron chi connectivity index (χ0n) is 10.7. The van der Waals surface area contributed by atoms with Crippen molar-refractivity contribution in [1.29, 1.82) is 0 Å². The Hall–Kier alpha value is -1.58. The van der Waals surface area contributed by atoms with Gasteiger partial charge in [0.25, 0.3) is 0 Å². The topological polar surface area (TPSA) is 27.6 Å². The Morgan fingerprint density at radius 3 is 2.47 bits per heavy atom. The molecule has 1 aromatic carbocycles. The number of rotatable bonds is 4. The molecule has 0 heterocycles. The van der Waals surface area contributed by atoms with Crippen LogP contribution < -0.4 is 5.32 Å². The van der Waals surface area contributed by atoms with Gasteiger partial charge in [0.2, 0.25) is 0 Å². The van der Waals surface area contributed by atoms with Gasteiger partial charge in [-0.05, 0) is 31.5 Å². The molecule has 0 spiro atoms. The number of halogens is 1. The SMILES string of the molecule is CCN=C(NCC)N(C)Cc1ccc(F)cc1. The van der Waals surface area contributed by atoms with E-state index in [2.05, 4.69) is 10.3 Å². The van der Waals surface area contributed by atoms with Crippen molar-refractivity contribution in [3.63, 3.8) is 0 Å². The summed E-state index contributed by atoms with van der Waals surface area (Å²) in [6.45, 7) is 6.34. The third-order valence-electron chi connectivity index (χ3n) is 2.34. The first kappa shape index (κ1) is 13.5. The van der Waals surface area contributed by atoms with Gasteiger partial charge in [0, 0.05) is 26.7 Å². The second-order valence-corrected chi connectivity index (χ2v) is 3.81. The molecule has 4 heteroatoms. The summed E-state index contributed by atoms with van der Waals surface area (Å²) >= 11 is 0. The predicted octanol–water partition coefficient (Wildman–Crippen LogP) is 2.24. The predicted molar refractivity (Wildman–Crippen MR) is 69.5 cm³/mol. The molecule has 3 nitrogen and oxygen atoms in total. The molecule has 0 aliphatic rings. The standard InChI is InChI=1S/C13H20FN3/c1-4-15-13(16-5-2)17(3)10-11-6-8-12(14)9-7-11/h6-9H,4-5,10H2,1-3H3,(H,15,16). The van der Waals surface area contributed by atoms with Crippen molar-refractivity contribution >= 4 is 5.96 Å². The second-order valence-electron chi connectivity index (χ2n) is 3.81. The monoisotopic (exact) mass is 237 g/mol. The van der Waals surface area contributed by atoms with Crippen molar-refractivity contribution in [2.45, 2.75) is 20.4 Å². The van der Waals surface area contributed by atoms with Crippen LogP contribution in [0.4, 0.5) is 4.39 Å². The van der Waals surface area contributed by atoms with Gasteiger partial charge in [-0.2, -0.15) is 0 Å². The van der Waals surface area contributed by atoms with E-state index in [-0.39, 0.29) is 5.82 Å². The van der Waals surface area contributed by atoms with E-state index in [0.29, 0.717) is 6.54 Å². The maximum Gasteiger partial charge on any atom is 0.193 e. The molecule has 0 aliphatic heterocycles. The normalized spacial score (nSPS) is 11.4. The van der Waals surface area contributed by atoms with E-state index in [0.717, 1.165) is 24.6 Å². The van der Waals surface area contributed by atoms with Crippen LogP contribution in [0.1, 0.15) is 19.4 Å². The molecule has 17 heavy (non-hydrogen) atoms. The molecule has 1 N–H and O–H groups in total. The highest BCUT2D eigenvalue weighted by Gasteiger charge is 2.05. The van der Waals surface area contributed by atoms with E-state index in [4.69, 9.17) is 0 Å². The van der Waals surface area contributed by atoms with Gasteiger partial charge < -0.3 is 10.2 Å². The Bertz CT molecular complexity index is 359. The van der Waals surface area contributed by atoms with Gasteiger partial charge in [-0.3, -0.25) is 4.99 Å². The highest BCUT2D eigenvalue weighted by molar-refractivity contribution is 5.79. The highest BCUT2D eigenvalue weighted by atomic mass is 19.1. The maximum atomic E-state index is 12.8. The first-order valence-corrected chi connectivity index (χ1v) is 5.91. The minimum absolute atomic E-state index is 0.203. The molecule has 0 unspecified atom stereocenters. The fourth-order valence-corrected chi connectivity index (χ4v) is 1.56. The number of hydrogen-bond acceptors (Lipinski definition) is 1. The molecule has 0 amide bonds. The van der Waals surface area contributed by atoms with Crippen molar-refractivity contribution < 1.29 is 4.39 Å². The Kier molecular flexibility index (Phi) is 5.46. The molecule has 0 aliphatic carbocycles. The number of nitrogens with zero attached hydrogens (tertiary/aromatic N) is 2. The lowest BCUT2D eigenvalue weighted by Gasteiger charge is -2.22. The van der Waals surface area contributed by atoms with E-state index in [1.807, 2.05) is 25.8 Å². The molecule has 0 fully saturated rings. The van der Waals surface area contributed by atoms with E-state index in [1.54, 1.807) is 12.1 Å². The van der Waals surface area contributed by atoms with Crippen molar-refractivity contribution in [2.75, 3.05) is 20.1 Å². The largest absolute Gasteiger partial charge is 0.357 e. The van der Waals surface area contributed by atoms with Crippen LogP contribution in [-0.4, -0.2) is 31.0 Å². The fourth-order valence-electron chi connectivity index (χ4n) is 1.56. The van der Waals surface area contributed by atoms with E-state index >= 15 is 0 Å². The van der Waals surface area contributed by atoms with Gasteiger partial charge >= 0.3 is 0 Å². The molecule has 1 aromatic rings. The lowest BCUT2D eigenvalue weighted by molar-refractivity contribution is 0.477. The van der Waals surface area contributed by atoms with Crippen LogP contribution in [0, 0.1) is 5.82 Å². The minimum Gasteiger partial charge on any atom is -0.357 e. The van der Waals surface area contributed by atoms with Crippen molar-refractivity contribution in [3.8, 4) is 0 Å². The van der Waals surface area contributed by atoms with Crippen molar-refractivity contribution in [1.82, 2.24) is 10.2 Å². The smallest absolute Gasteiger partial charge is 0.193 e. The molecule has 1 rings (SSSR count). The molecule has 0 bridgehead atoms. The Morgan fingerprint density at radius 2 is 1.94 bits per heavy atom. The summed E-state index contributed by atoms with van der Waals surface area (Å²) < 4.78 is 12.8. The zero-order valence-corrected chi connectivity index (χ0v) is 10.7. The molecule has 0 saturated heterocycles. The van der Waals surface area contributed by atoms with Crippen molar-refractivity contribution in [3.05, 3.63) is 35.6 Å². The van der Waals surface area contributed by atoms with Crippen LogP contribution in [-0.2, 0) is 6.54 Å². The maximum absolute atomic E-state index is 12.8. The fraction of sp³-hybridized carbons (Fsp3) is 0.462. The number of benzene rings is 1. The van der Waals surface area contributed by atoms with Crippen molar-refractivity contribution in [2.24, 2.45) is 4.99 Å². The van der Waals surface area contributed by atoms with E-state index in [1.165, 1.54) is 12.1 Å². The van der Waals surface area contributed by atoms with Gasteiger partial charge in [0.05, 0.1) is 0 Å². The summed E-state index contributed by atoms with van der Waals surface area (Å²) in [4.78, 5) is 6.41. The third kappa shape index (κ3) is 4.43. The Morgan fingerprint density at radius 1 is 1.29 bits per heavy atom. The molecular weight excluding hydrogens is 217 g/mol. The van der Waals surface area contributed by atoms with Crippen LogP contribution in [0.15, 0.2) is 29.3 Å². The summed E-state index contributed by atoms with van der Waals surface area (Å²) in [6.07, 6.45) is 0. The summed E-state index contributed by atoms with van der Waals surface area (Å²) in [5.74, 6) is 0.671. The minimum atomic E-state index is -0.203. The summed E-state index contributed by atoms with van der Waals surface area (Å²) in [5, 5.41) is 3.22. The van der Waals surface area contributed by atoms with E-state index < -0.39 is 0 Å². The molecule has 94 valence electrons. The van der Waals surface area contributed by atoms with Gasteiger partial charge in [0.1, 0.15) is 5.82 Å². The lowest BCUT2D eigenvalue weighted by Crippen LogP contribution is -2.38. The Labute approximate surface area is 102 Å². The molecular formula is C13H20FN3. The summed E-state index contributed by atoms with van der Waals surface area (Å²) in [7, 11) is 1.97. The number of aliphatic imine (C=N–C) groups is 1. The van der Waals surface area contributed by atoms with Crippen LogP contribution in [0.2, 0.25) is 0 Å². The average molecular weight is 237 g/mol. The molecule has 0 radical (unpaired) electrons. The first-order valence-electron chi connectivity index (χ1n) is 5.91. The van der Waals surface area contributed by atoms with E-state index in [9.17, 15) is 4.39 Å².